The van der Waals surface area contributed by atoms with Crippen molar-refractivity contribution in [3.63, 3.8) is 0 Å². The molecule has 1 unspecified atom stereocenters. The van der Waals surface area contributed by atoms with Crippen LogP contribution in [0.5, 0.6) is 0 Å². The van der Waals surface area contributed by atoms with Crippen LogP contribution in [0.25, 0.3) is 16.6 Å². The molecule has 1 N–H and O–H groups in total. The molecule has 35 heavy (non-hydrogen) atoms. The van der Waals surface area contributed by atoms with Crippen LogP contribution in [0, 0.1) is 5.82 Å². The highest BCUT2D eigenvalue weighted by Crippen LogP contribution is 2.35. The van der Waals surface area contributed by atoms with Crippen LogP contribution >= 0.6 is 23.2 Å². The number of imidazole rings is 1. The number of nitrogens with zero attached hydrogens (tertiary/aromatic N) is 5. The lowest BCUT2D eigenvalue weighted by Crippen LogP contribution is -2.40. The second-order valence-corrected chi connectivity index (χ2v) is 9.23. The van der Waals surface area contributed by atoms with E-state index in [-0.39, 0.29) is 41.9 Å². The Hall–Kier alpha value is -3.11. The number of fused-ring (bicyclic) bond motifs is 3. The number of carbonyl (C=O) groups excluding carboxylic acids is 1. The minimum Gasteiger partial charge on any atom is -0.377 e. The third kappa shape index (κ3) is 4.48. The zero-order chi connectivity index (χ0) is 24.9. The average molecular weight is 523 g/mol. The Morgan fingerprint density at radius 1 is 1.11 bits per heavy atom. The van der Waals surface area contributed by atoms with Crippen molar-refractivity contribution in [2.24, 2.45) is 0 Å². The number of hydrogen-bond acceptors (Lipinski definition) is 6. The number of halogens is 5. The Kier molecular flexibility index (Phi) is 5.96. The van der Waals surface area contributed by atoms with E-state index in [4.69, 9.17) is 28.2 Å². The van der Waals surface area contributed by atoms with Crippen molar-refractivity contribution in [2.45, 2.75) is 31.7 Å². The van der Waals surface area contributed by atoms with Crippen molar-refractivity contribution in [3.8, 4) is 0 Å². The van der Waals surface area contributed by atoms with E-state index in [0.717, 1.165) is 0 Å². The minimum atomic E-state index is -2.73. The molecular formula is C23H19Cl2F3N6O. The molecule has 4 aromatic rings. The minimum absolute atomic E-state index is 0.0971. The predicted molar refractivity (Wildman–Crippen MR) is 129 cm³/mol. The average Bonchev–Trinajstić information content (AvgIpc) is 3.21. The van der Waals surface area contributed by atoms with Gasteiger partial charge in [-0.2, -0.15) is 0 Å². The van der Waals surface area contributed by atoms with Gasteiger partial charge in [0, 0.05) is 36.9 Å². The molecule has 12 heteroatoms. The SMILES string of the molecule is CC(Nc1ccc(Cl)nc1C=O)c1cc(F)cc2c1nc(N1CCC(F)(F)CC1)n1cc(Cl)nc21. The lowest BCUT2D eigenvalue weighted by atomic mass is 10.0. The molecule has 5 rings (SSSR count). The molecule has 0 aliphatic carbocycles. The summed E-state index contributed by atoms with van der Waals surface area (Å²) in [7, 11) is 0. The fraction of sp³-hybridized carbons (Fsp3) is 0.304. The van der Waals surface area contributed by atoms with Gasteiger partial charge in [-0.1, -0.05) is 23.2 Å². The highest BCUT2D eigenvalue weighted by atomic mass is 35.5. The van der Waals surface area contributed by atoms with Crippen molar-refractivity contribution in [1.29, 1.82) is 0 Å². The Bertz CT molecular complexity index is 1450. The third-order valence-electron chi connectivity index (χ3n) is 6.07. The molecule has 3 aromatic heterocycles. The van der Waals surface area contributed by atoms with Gasteiger partial charge in [0.05, 0.1) is 23.4 Å². The van der Waals surface area contributed by atoms with E-state index in [1.165, 1.54) is 24.4 Å². The Balaban J connectivity index is 1.65. The molecule has 4 heterocycles. The number of pyridine rings is 1. The molecule has 0 spiro atoms. The summed E-state index contributed by atoms with van der Waals surface area (Å²) in [5.41, 5.74) is 1.80. The van der Waals surface area contributed by atoms with E-state index in [0.29, 0.717) is 40.0 Å². The van der Waals surface area contributed by atoms with E-state index in [1.54, 1.807) is 22.3 Å². The summed E-state index contributed by atoms with van der Waals surface area (Å²) in [5, 5.41) is 3.91. The molecule has 1 fully saturated rings. The smallest absolute Gasteiger partial charge is 0.251 e. The summed E-state index contributed by atoms with van der Waals surface area (Å²) in [4.78, 5) is 26.3. The molecule has 1 aliphatic rings. The van der Waals surface area contributed by atoms with Crippen LogP contribution in [-0.4, -0.2) is 44.7 Å². The normalized spacial score (nSPS) is 16.6. The maximum atomic E-state index is 14.8. The second-order valence-electron chi connectivity index (χ2n) is 8.45. The van der Waals surface area contributed by atoms with Gasteiger partial charge in [0.25, 0.3) is 5.92 Å². The maximum absolute atomic E-state index is 14.8. The number of piperidine rings is 1. The number of rotatable bonds is 5. The summed E-state index contributed by atoms with van der Waals surface area (Å²) in [6.45, 7) is 1.97. The predicted octanol–water partition coefficient (Wildman–Crippen LogP) is 5.94. The van der Waals surface area contributed by atoms with Gasteiger partial charge >= 0.3 is 0 Å². The van der Waals surface area contributed by atoms with Crippen LogP contribution in [0.1, 0.15) is 41.9 Å². The molecule has 1 aromatic carbocycles. The zero-order valence-corrected chi connectivity index (χ0v) is 19.9. The molecule has 0 bridgehead atoms. The highest BCUT2D eigenvalue weighted by Gasteiger charge is 2.35. The summed E-state index contributed by atoms with van der Waals surface area (Å²) < 4.78 is 44.0. The van der Waals surface area contributed by atoms with Crippen LogP contribution in [0.3, 0.4) is 0 Å². The molecule has 0 saturated carbocycles. The standard InChI is InChI=1S/C23H19Cl2F3N6O/c1-12(29-16-2-3-18(24)30-17(16)11-35)14-8-13(26)9-15-20(14)32-22(34-10-19(25)31-21(15)34)33-6-4-23(27,28)5-7-33/h2-3,8-12,29H,4-7H2,1H3. The number of aldehydes is 1. The van der Waals surface area contributed by atoms with Crippen LogP contribution in [0.4, 0.5) is 24.8 Å². The summed E-state index contributed by atoms with van der Waals surface area (Å²) in [6, 6.07) is 5.27. The van der Waals surface area contributed by atoms with Gasteiger partial charge in [0.2, 0.25) is 5.95 Å². The largest absolute Gasteiger partial charge is 0.377 e. The number of alkyl halides is 2. The number of anilines is 2. The molecule has 0 radical (unpaired) electrons. The van der Waals surface area contributed by atoms with Gasteiger partial charge in [0.15, 0.2) is 11.9 Å². The van der Waals surface area contributed by atoms with Gasteiger partial charge in [0.1, 0.15) is 21.8 Å². The summed E-state index contributed by atoms with van der Waals surface area (Å²) >= 11 is 12.1. The lowest BCUT2D eigenvalue weighted by molar-refractivity contribution is -0.0222. The van der Waals surface area contributed by atoms with E-state index in [1.807, 2.05) is 0 Å². The van der Waals surface area contributed by atoms with Crippen molar-refractivity contribution in [2.75, 3.05) is 23.3 Å². The third-order valence-corrected chi connectivity index (χ3v) is 6.46. The van der Waals surface area contributed by atoms with E-state index in [9.17, 15) is 18.0 Å². The first-order valence-corrected chi connectivity index (χ1v) is 11.6. The Morgan fingerprint density at radius 2 is 1.86 bits per heavy atom. The molecule has 1 saturated heterocycles. The quantitative estimate of drug-likeness (QED) is 0.258. The van der Waals surface area contributed by atoms with Gasteiger partial charge in [-0.15, -0.1) is 0 Å². The summed E-state index contributed by atoms with van der Waals surface area (Å²) in [6.07, 6.45) is 1.50. The van der Waals surface area contributed by atoms with Crippen LogP contribution in [0.15, 0.2) is 30.5 Å². The zero-order valence-electron chi connectivity index (χ0n) is 18.4. The van der Waals surface area contributed by atoms with E-state index in [2.05, 4.69) is 15.3 Å². The molecule has 1 aliphatic heterocycles. The van der Waals surface area contributed by atoms with Crippen LogP contribution in [-0.2, 0) is 0 Å². The van der Waals surface area contributed by atoms with Crippen molar-refractivity contribution >= 4 is 57.7 Å². The van der Waals surface area contributed by atoms with Crippen molar-refractivity contribution < 1.29 is 18.0 Å². The molecule has 1 atom stereocenters. The van der Waals surface area contributed by atoms with Crippen LogP contribution < -0.4 is 10.2 Å². The molecule has 0 amide bonds. The van der Waals surface area contributed by atoms with Crippen molar-refractivity contribution in [1.82, 2.24) is 19.4 Å². The first-order chi connectivity index (χ1) is 16.6. The fourth-order valence-corrected chi connectivity index (χ4v) is 4.66. The second kappa shape index (κ2) is 8.83. The molecule has 7 nitrogen and oxygen atoms in total. The number of nitrogens with one attached hydrogen (secondary N) is 1. The highest BCUT2D eigenvalue weighted by molar-refractivity contribution is 6.30. The number of hydrogen-bond donors (Lipinski definition) is 1. The molecule has 182 valence electrons. The molecular weight excluding hydrogens is 504 g/mol. The van der Waals surface area contributed by atoms with Gasteiger partial charge in [-0.25, -0.2) is 28.1 Å². The summed E-state index contributed by atoms with van der Waals surface area (Å²) in [5.74, 6) is -2.85. The number of benzene rings is 1. The first-order valence-electron chi connectivity index (χ1n) is 10.8. The van der Waals surface area contributed by atoms with E-state index < -0.39 is 17.8 Å². The lowest BCUT2D eigenvalue weighted by Gasteiger charge is -2.33. The topological polar surface area (TPSA) is 75.4 Å². The first kappa shape index (κ1) is 23.6. The van der Waals surface area contributed by atoms with Gasteiger partial charge in [-0.3, -0.25) is 9.20 Å². The number of aromatic nitrogens is 4. The van der Waals surface area contributed by atoms with E-state index >= 15 is 0 Å². The van der Waals surface area contributed by atoms with Gasteiger partial charge in [-0.05, 0) is 31.2 Å². The Labute approximate surface area is 207 Å². The Morgan fingerprint density at radius 3 is 2.57 bits per heavy atom. The van der Waals surface area contributed by atoms with Crippen LogP contribution in [0.2, 0.25) is 10.3 Å². The van der Waals surface area contributed by atoms with Crippen molar-refractivity contribution in [3.05, 3.63) is 57.8 Å². The monoisotopic (exact) mass is 522 g/mol. The van der Waals surface area contributed by atoms with Gasteiger partial charge < -0.3 is 10.2 Å². The maximum Gasteiger partial charge on any atom is 0.251 e. The fourth-order valence-electron chi connectivity index (χ4n) is 4.32. The number of carbonyl (C=O) groups is 1.